The Bertz CT molecular complexity index is 1350. The van der Waals surface area contributed by atoms with Crippen molar-refractivity contribution in [3.8, 4) is 0 Å². The van der Waals surface area contributed by atoms with Crippen LogP contribution in [0.15, 0.2) is 36.5 Å². The van der Waals surface area contributed by atoms with E-state index >= 15 is 0 Å². The summed E-state index contributed by atoms with van der Waals surface area (Å²) in [5.74, 6) is 0.680. The van der Waals surface area contributed by atoms with E-state index in [-0.39, 0.29) is 29.6 Å². The molecule has 2 fully saturated rings. The molecule has 3 aromatic rings. The molecule has 1 amide bonds. The number of carboxylic acids is 1. The van der Waals surface area contributed by atoms with E-state index in [0.29, 0.717) is 12.8 Å². The zero-order valence-electron chi connectivity index (χ0n) is 21.3. The SMILES string of the molecule is COC(=O)N1c2ccc3c(nc(C4(Nc5ccccn5)CC4)n3[C@@H]3CCC[C@@H](C(=O)O)C3)c2CCC1C. The molecule has 0 radical (unpaired) electrons. The van der Waals surface area contributed by atoms with E-state index in [0.717, 1.165) is 72.5 Å². The second kappa shape index (κ2) is 9.04. The van der Waals surface area contributed by atoms with Gasteiger partial charge in [0.1, 0.15) is 11.6 Å². The first-order valence-electron chi connectivity index (χ1n) is 13.3. The number of amides is 1. The first kappa shape index (κ1) is 23.8. The molecule has 2 saturated carbocycles. The molecule has 9 heteroatoms. The average Bonchev–Trinajstić information content (AvgIpc) is 3.58. The van der Waals surface area contributed by atoms with Crippen LogP contribution in [0.4, 0.5) is 16.3 Å². The van der Waals surface area contributed by atoms with Crippen molar-refractivity contribution in [3.63, 3.8) is 0 Å². The van der Waals surface area contributed by atoms with E-state index in [2.05, 4.69) is 20.9 Å². The maximum absolute atomic E-state index is 12.7. The van der Waals surface area contributed by atoms with Crippen LogP contribution in [-0.2, 0) is 21.5 Å². The summed E-state index contributed by atoms with van der Waals surface area (Å²) in [6.07, 6.45) is 8.02. The van der Waals surface area contributed by atoms with E-state index in [1.165, 1.54) is 7.11 Å². The van der Waals surface area contributed by atoms with Gasteiger partial charge < -0.3 is 19.7 Å². The number of rotatable bonds is 5. The molecule has 9 nitrogen and oxygen atoms in total. The Balaban J connectivity index is 1.51. The molecule has 194 valence electrons. The molecular formula is C28H33N5O4. The van der Waals surface area contributed by atoms with Crippen molar-refractivity contribution in [1.82, 2.24) is 14.5 Å². The van der Waals surface area contributed by atoms with Crippen molar-refractivity contribution in [1.29, 1.82) is 0 Å². The van der Waals surface area contributed by atoms with Crippen molar-refractivity contribution in [2.45, 2.75) is 75.9 Å². The van der Waals surface area contributed by atoms with Gasteiger partial charge in [-0.1, -0.05) is 12.5 Å². The lowest BCUT2D eigenvalue weighted by Gasteiger charge is -2.34. The van der Waals surface area contributed by atoms with Gasteiger partial charge in [-0.2, -0.15) is 0 Å². The Kier molecular flexibility index (Phi) is 5.81. The molecule has 0 spiro atoms. The second-order valence-corrected chi connectivity index (χ2v) is 10.7. The van der Waals surface area contributed by atoms with Crippen molar-refractivity contribution < 1.29 is 19.4 Å². The lowest BCUT2D eigenvalue weighted by molar-refractivity contribution is -0.143. The fourth-order valence-electron chi connectivity index (χ4n) is 6.32. The summed E-state index contributed by atoms with van der Waals surface area (Å²) < 4.78 is 7.42. The Hall–Kier alpha value is -3.62. The van der Waals surface area contributed by atoms with Crippen LogP contribution in [-0.4, -0.2) is 44.9 Å². The molecule has 1 aromatic carbocycles. The third kappa shape index (κ3) is 4.01. The Morgan fingerprint density at radius 3 is 2.70 bits per heavy atom. The van der Waals surface area contributed by atoms with Crippen LogP contribution in [0.2, 0.25) is 0 Å². The first-order valence-corrected chi connectivity index (χ1v) is 13.3. The second-order valence-electron chi connectivity index (χ2n) is 10.7. The zero-order chi connectivity index (χ0) is 25.7. The standard InChI is InChI=1S/C28H33N5O4/c1-17-9-10-20-21(32(17)27(36)37-2)11-12-22-24(20)30-26(28(13-14-28)31-23-8-3-4-15-29-23)33(22)19-7-5-6-18(16-19)25(34)35/h3-4,8,11-12,15,17-19H,5-7,9-10,13-14,16H2,1-2H3,(H,29,31)(H,34,35)/t17?,18-,19-/m1/s1. The summed E-state index contributed by atoms with van der Waals surface area (Å²) in [4.78, 5) is 36.1. The average molecular weight is 504 g/mol. The lowest BCUT2D eigenvalue weighted by Crippen LogP contribution is -2.42. The smallest absolute Gasteiger partial charge is 0.414 e. The van der Waals surface area contributed by atoms with Crippen molar-refractivity contribution in [2.24, 2.45) is 5.92 Å². The number of aliphatic carboxylic acids is 1. The number of nitrogens with zero attached hydrogens (tertiary/aromatic N) is 4. The number of hydrogen-bond acceptors (Lipinski definition) is 6. The van der Waals surface area contributed by atoms with Crippen LogP contribution in [0.3, 0.4) is 0 Å². The molecule has 2 aliphatic carbocycles. The molecule has 3 heterocycles. The van der Waals surface area contributed by atoms with Crippen molar-refractivity contribution in [3.05, 3.63) is 47.9 Å². The summed E-state index contributed by atoms with van der Waals surface area (Å²) in [6, 6.07) is 9.98. The first-order chi connectivity index (χ1) is 17.9. The van der Waals surface area contributed by atoms with Crippen LogP contribution >= 0.6 is 0 Å². The predicted octanol–water partition coefficient (Wildman–Crippen LogP) is 5.26. The number of carboxylic acid groups (broad SMARTS) is 1. The van der Waals surface area contributed by atoms with Crippen LogP contribution < -0.4 is 10.2 Å². The minimum absolute atomic E-state index is 0.0363. The van der Waals surface area contributed by atoms with Crippen LogP contribution in [0.25, 0.3) is 11.0 Å². The van der Waals surface area contributed by atoms with Crippen LogP contribution in [0.1, 0.15) is 69.3 Å². The molecule has 3 atom stereocenters. The van der Waals surface area contributed by atoms with Gasteiger partial charge in [0.15, 0.2) is 0 Å². The van der Waals surface area contributed by atoms with E-state index in [1.54, 1.807) is 11.1 Å². The van der Waals surface area contributed by atoms with Gasteiger partial charge in [-0.15, -0.1) is 0 Å². The monoisotopic (exact) mass is 503 g/mol. The highest BCUT2D eigenvalue weighted by molar-refractivity contribution is 5.95. The minimum Gasteiger partial charge on any atom is -0.481 e. The number of nitrogens with one attached hydrogen (secondary N) is 1. The van der Waals surface area contributed by atoms with E-state index in [4.69, 9.17) is 9.72 Å². The molecule has 2 N–H and O–H groups in total. The number of benzene rings is 1. The number of fused-ring (bicyclic) bond motifs is 3. The number of anilines is 2. The number of carbonyl (C=O) groups excluding carboxylic acids is 1. The van der Waals surface area contributed by atoms with Gasteiger partial charge in [-0.3, -0.25) is 9.69 Å². The van der Waals surface area contributed by atoms with Gasteiger partial charge in [0.25, 0.3) is 0 Å². The molecule has 6 rings (SSSR count). The number of pyridine rings is 1. The molecule has 0 bridgehead atoms. The largest absolute Gasteiger partial charge is 0.481 e. The highest BCUT2D eigenvalue weighted by atomic mass is 16.5. The summed E-state index contributed by atoms with van der Waals surface area (Å²) >= 11 is 0. The predicted molar refractivity (Wildman–Crippen MR) is 140 cm³/mol. The third-order valence-electron chi connectivity index (χ3n) is 8.40. The molecule has 0 saturated heterocycles. The minimum atomic E-state index is -0.719. The molecular weight excluding hydrogens is 470 g/mol. The number of hydrogen-bond donors (Lipinski definition) is 2. The van der Waals surface area contributed by atoms with Crippen LogP contribution in [0.5, 0.6) is 0 Å². The highest BCUT2D eigenvalue weighted by Crippen LogP contribution is 2.51. The number of methoxy groups -OCH3 is 1. The van der Waals surface area contributed by atoms with Crippen molar-refractivity contribution >= 4 is 34.6 Å². The third-order valence-corrected chi connectivity index (χ3v) is 8.40. The van der Waals surface area contributed by atoms with Crippen LogP contribution in [0, 0.1) is 5.92 Å². The normalized spacial score (nSPS) is 24.4. The topological polar surface area (TPSA) is 110 Å². The van der Waals surface area contributed by atoms with Gasteiger partial charge >= 0.3 is 12.1 Å². The van der Waals surface area contributed by atoms with Gasteiger partial charge in [-0.05, 0) is 76.1 Å². The summed E-state index contributed by atoms with van der Waals surface area (Å²) in [7, 11) is 1.41. The fourth-order valence-corrected chi connectivity index (χ4v) is 6.32. The van der Waals surface area contributed by atoms with E-state index < -0.39 is 5.97 Å². The van der Waals surface area contributed by atoms with E-state index in [9.17, 15) is 14.7 Å². The molecule has 1 aliphatic heterocycles. The number of imidazole rings is 1. The molecule has 1 unspecified atom stereocenters. The fraction of sp³-hybridized carbons (Fsp3) is 0.500. The Morgan fingerprint density at radius 2 is 2.00 bits per heavy atom. The van der Waals surface area contributed by atoms with Crippen molar-refractivity contribution in [2.75, 3.05) is 17.3 Å². The molecule has 3 aliphatic rings. The summed E-state index contributed by atoms with van der Waals surface area (Å²) in [5.41, 5.74) is 3.47. The molecule has 37 heavy (non-hydrogen) atoms. The number of carbonyl (C=O) groups is 2. The van der Waals surface area contributed by atoms with Gasteiger partial charge in [0.2, 0.25) is 0 Å². The summed E-state index contributed by atoms with van der Waals surface area (Å²) in [5, 5.41) is 13.4. The number of aromatic nitrogens is 3. The van der Waals surface area contributed by atoms with Gasteiger partial charge in [-0.25, -0.2) is 14.8 Å². The van der Waals surface area contributed by atoms with Gasteiger partial charge in [0.05, 0.1) is 35.3 Å². The zero-order valence-corrected chi connectivity index (χ0v) is 21.3. The Morgan fingerprint density at radius 1 is 1.16 bits per heavy atom. The number of aryl methyl sites for hydroxylation is 1. The molecule has 2 aromatic heterocycles. The number of ether oxygens (including phenoxy) is 1. The summed E-state index contributed by atoms with van der Waals surface area (Å²) in [6.45, 7) is 2.04. The quantitative estimate of drug-likeness (QED) is 0.489. The van der Waals surface area contributed by atoms with Gasteiger partial charge in [0, 0.05) is 23.8 Å². The maximum Gasteiger partial charge on any atom is 0.414 e. The highest BCUT2D eigenvalue weighted by Gasteiger charge is 2.50. The maximum atomic E-state index is 12.7. The Labute approximate surface area is 215 Å². The van der Waals surface area contributed by atoms with E-state index in [1.807, 2.05) is 31.2 Å². The lowest BCUT2D eigenvalue weighted by atomic mass is 9.85.